The van der Waals surface area contributed by atoms with Gasteiger partial charge in [-0.25, -0.2) is 9.18 Å². The molecule has 0 bridgehead atoms. The number of carboxylic acids is 1. The lowest BCUT2D eigenvalue weighted by molar-refractivity contribution is -0.131. The maximum Gasteiger partial charge on any atom is 0.328 e. The molecule has 1 amide bonds. The molecular formula is C15H17FN2O3. The minimum Gasteiger partial charge on any atom is -0.478 e. The van der Waals surface area contributed by atoms with Gasteiger partial charge in [0.1, 0.15) is 5.82 Å². The lowest BCUT2D eigenvalue weighted by Crippen LogP contribution is -2.35. The summed E-state index contributed by atoms with van der Waals surface area (Å²) < 4.78 is 14.1. The fourth-order valence-electron chi connectivity index (χ4n) is 2.44. The zero-order valence-corrected chi connectivity index (χ0v) is 11.7. The minimum absolute atomic E-state index is 0.0356. The van der Waals surface area contributed by atoms with E-state index in [4.69, 9.17) is 5.11 Å². The van der Waals surface area contributed by atoms with E-state index < -0.39 is 11.8 Å². The summed E-state index contributed by atoms with van der Waals surface area (Å²) in [5.74, 6) is -1.56. The lowest BCUT2D eigenvalue weighted by atomic mass is 10.1. The number of carboxylic acid groups (broad SMARTS) is 1. The van der Waals surface area contributed by atoms with E-state index in [0.717, 1.165) is 12.5 Å². The number of nitrogens with one attached hydrogen (secondary N) is 1. The highest BCUT2D eigenvalue weighted by molar-refractivity contribution is 5.85. The standard InChI is InChI=1S/C15H17FN2O3/c1-10(19)17-12-6-7-18(9-12)14-4-2-11(8-13(14)16)3-5-15(20)21/h2-5,8,12H,6-7,9H2,1H3,(H,17,19)(H,20,21)/b5-3+. The number of halogens is 1. The van der Waals surface area contributed by atoms with Crippen molar-refractivity contribution in [3.8, 4) is 0 Å². The molecule has 1 aliphatic heterocycles. The van der Waals surface area contributed by atoms with E-state index in [1.54, 1.807) is 12.1 Å². The predicted octanol–water partition coefficient (Wildman–Crippen LogP) is 1.64. The van der Waals surface area contributed by atoms with Gasteiger partial charge >= 0.3 is 5.97 Å². The summed E-state index contributed by atoms with van der Waals surface area (Å²) in [4.78, 5) is 23.3. The van der Waals surface area contributed by atoms with Gasteiger partial charge in [0, 0.05) is 32.1 Å². The molecule has 0 spiro atoms. The van der Waals surface area contributed by atoms with E-state index >= 15 is 0 Å². The molecule has 1 aromatic rings. The number of benzene rings is 1. The molecular weight excluding hydrogens is 275 g/mol. The Morgan fingerprint density at radius 3 is 2.86 bits per heavy atom. The Kier molecular flexibility index (Phi) is 4.57. The normalized spacial score (nSPS) is 18.2. The molecule has 0 saturated carbocycles. The van der Waals surface area contributed by atoms with Gasteiger partial charge in [0.05, 0.1) is 5.69 Å². The zero-order chi connectivity index (χ0) is 15.4. The van der Waals surface area contributed by atoms with Gasteiger partial charge in [-0.15, -0.1) is 0 Å². The second kappa shape index (κ2) is 6.39. The largest absolute Gasteiger partial charge is 0.478 e. The summed E-state index contributed by atoms with van der Waals surface area (Å²) in [6, 6.07) is 4.64. The first-order valence-electron chi connectivity index (χ1n) is 6.68. The van der Waals surface area contributed by atoms with Crippen molar-refractivity contribution < 1.29 is 19.1 Å². The van der Waals surface area contributed by atoms with E-state index in [9.17, 15) is 14.0 Å². The van der Waals surface area contributed by atoms with Crippen molar-refractivity contribution in [2.24, 2.45) is 0 Å². The summed E-state index contributed by atoms with van der Waals surface area (Å²) in [6.07, 6.45) is 3.09. The maximum atomic E-state index is 14.1. The van der Waals surface area contributed by atoms with Gasteiger partial charge in [0.2, 0.25) is 5.91 Å². The number of amides is 1. The third-order valence-corrected chi connectivity index (χ3v) is 3.33. The van der Waals surface area contributed by atoms with Crippen LogP contribution in [0.4, 0.5) is 10.1 Å². The second-order valence-corrected chi connectivity index (χ2v) is 5.01. The van der Waals surface area contributed by atoms with E-state index in [-0.39, 0.29) is 11.9 Å². The number of hydrogen-bond acceptors (Lipinski definition) is 3. The van der Waals surface area contributed by atoms with Crippen LogP contribution in [0.2, 0.25) is 0 Å². The molecule has 1 aromatic carbocycles. The van der Waals surface area contributed by atoms with Crippen LogP contribution in [0, 0.1) is 5.82 Å². The molecule has 112 valence electrons. The topological polar surface area (TPSA) is 69.6 Å². The van der Waals surface area contributed by atoms with Crippen molar-refractivity contribution >= 4 is 23.6 Å². The summed E-state index contributed by atoms with van der Waals surface area (Å²) in [6.45, 7) is 2.71. The molecule has 1 atom stereocenters. The molecule has 1 heterocycles. The van der Waals surface area contributed by atoms with Crippen LogP contribution in [-0.2, 0) is 9.59 Å². The highest BCUT2D eigenvalue weighted by Gasteiger charge is 2.24. The van der Waals surface area contributed by atoms with Crippen molar-refractivity contribution in [3.63, 3.8) is 0 Å². The molecule has 1 fully saturated rings. The Hall–Kier alpha value is -2.37. The van der Waals surface area contributed by atoms with Gasteiger partial charge in [-0.3, -0.25) is 4.79 Å². The summed E-state index contributed by atoms with van der Waals surface area (Å²) in [5, 5.41) is 11.4. The molecule has 5 nitrogen and oxygen atoms in total. The van der Waals surface area contributed by atoms with E-state index in [2.05, 4.69) is 5.32 Å². The van der Waals surface area contributed by atoms with Crippen molar-refractivity contribution in [1.29, 1.82) is 0 Å². The van der Waals surface area contributed by atoms with Crippen molar-refractivity contribution in [2.75, 3.05) is 18.0 Å². The molecule has 1 unspecified atom stereocenters. The number of nitrogens with zero attached hydrogens (tertiary/aromatic N) is 1. The predicted molar refractivity (Wildman–Crippen MR) is 77.5 cm³/mol. The first-order chi connectivity index (χ1) is 9.95. The first-order valence-corrected chi connectivity index (χ1v) is 6.68. The molecule has 0 aromatic heterocycles. The third kappa shape index (κ3) is 4.05. The molecule has 0 aliphatic carbocycles. The summed E-state index contributed by atoms with van der Waals surface area (Å²) in [7, 11) is 0. The molecule has 1 aliphatic rings. The Morgan fingerprint density at radius 1 is 1.48 bits per heavy atom. The lowest BCUT2D eigenvalue weighted by Gasteiger charge is -2.19. The second-order valence-electron chi connectivity index (χ2n) is 5.01. The number of hydrogen-bond donors (Lipinski definition) is 2. The Morgan fingerprint density at radius 2 is 2.24 bits per heavy atom. The summed E-state index contributed by atoms with van der Waals surface area (Å²) >= 11 is 0. The number of carbonyl (C=O) groups excluding carboxylic acids is 1. The van der Waals surface area contributed by atoms with E-state index in [1.807, 2.05) is 4.90 Å². The number of rotatable bonds is 4. The monoisotopic (exact) mass is 292 g/mol. The van der Waals surface area contributed by atoms with Crippen LogP contribution in [0.5, 0.6) is 0 Å². The molecule has 6 heteroatoms. The van der Waals surface area contributed by atoms with E-state index in [0.29, 0.717) is 24.3 Å². The van der Waals surface area contributed by atoms with Gasteiger partial charge in [0.25, 0.3) is 0 Å². The number of aliphatic carboxylic acids is 1. The number of anilines is 1. The van der Waals surface area contributed by atoms with Crippen LogP contribution in [0.3, 0.4) is 0 Å². The van der Waals surface area contributed by atoms with Crippen LogP contribution >= 0.6 is 0 Å². The van der Waals surface area contributed by atoms with Gasteiger partial charge in [-0.05, 0) is 30.2 Å². The number of carbonyl (C=O) groups is 2. The molecule has 0 radical (unpaired) electrons. The van der Waals surface area contributed by atoms with Gasteiger partial charge in [0.15, 0.2) is 0 Å². The Bertz CT molecular complexity index is 586. The van der Waals surface area contributed by atoms with E-state index in [1.165, 1.54) is 19.1 Å². The highest BCUT2D eigenvalue weighted by Crippen LogP contribution is 2.25. The first kappa shape index (κ1) is 15.0. The van der Waals surface area contributed by atoms with Crippen molar-refractivity contribution in [2.45, 2.75) is 19.4 Å². The van der Waals surface area contributed by atoms with Gasteiger partial charge in [-0.1, -0.05) is 6.07 Å². The molecule has 2 rings (SSSR count). The SMILES string of the molecule is CC(=O)NC1CCN(c2ccc(/C=C/C(=O)O)cc2F)C1. The van der Waals surface area contributed by atoms with Crippen LogP contribution in [0.25, 0.3) is 6.08 Å². The minimum atomic E-state index is -1.07. The van der Waals surface area contributed by atoms with Crippen LogP contribution < -0.4 is 10.2 Å². The summed E-state index contributed by atoms with van der Waals surface area (Å²) in [5.41, 5.74) is 0.964. The van der Waals surface area contributed by atoms with Crippen molar-refractivity contribution in [1.82, 2.24) is 5.32 Å². The highest BCUT2D eigenvalue weighted by atomic mass is 19.1. The molecule has 1 saturated heterocycles. The quantitative estimate of drug-likeness (QED) is 0.828. The molecule has 21 heavy (non-hydrogen) atoms. The van der Waals surface area contributed by atoms with Gasteiger partial charge in [-0.2, -0.15) is 0 Å². The smallest absolute Gasteiger partial charge is 0.328 e. The third-order valence-electron chi connectivity index (χ3n) is 3.33. The zero-order valence-electron chi connectivity index (χ0n) is 11.7. The van der Waals surface area contributed by atoms with Crippen LogP contribution in [-0.4, -0.2) is 36.1 Å². The maximum absolute atomic E-state index is 14.1. The average Bonchev–Trinajstić information content (AvgIpc) is 2.83. The Balaban J connectivity index is 2.08. The van der Waals surface area contributed by atoms with Crippen molar-refractivity contribution in [3.05, 3.63) is 35.7 Å². The average molecular weight is 292 g/mol. The fraction of sp³-hybridized carbons (Fsp3) is 0.333. The Labute approximate surface area is 122 Å². The van der Waals surface area contributed by atoms with Gasteiger partial charge < -0.3 is 15.3 Å². The fourth-order valence-corrected chi connectivity index (χ4v) is 2.44. The molecule has 2 N–H and O–H groups in total. The van der Waals surface area contributed by atoms with Crippen LogP contribution in [0.1, 0.15) is 18.9 Å². The van der Waals surface area contributed by atoms with Crippen LogP contribution in [0.15, 0.2) is 24.3 Å².